The van der Waals surface area contributed by atoms with Crippen molar-refractivity contribution in [3.05, 3.63) is 58.0 Å². The zero-order valence-electron chi connectivity index (χ0n) is 10.5. The summed E-state index contributed by atoms with van der Waals surface area (Å²) in [5.41, 5.74) is 1.90. The first kappa shape index (κ1) is 13.3. The van der Waals surface area contributed by atoms with Gasteiger partial charge in [-0.25, -0.2) is 14.4 Å². The monoisotopic (exact) mass is 306 g/mol. The zero-order chi connectivity index (χ0) is 14.3. The summed E-state index contributed by atoms with van der Waals surface area (Å²) in [6, 6.07) is 10.4. The van der Waals surface area contributed by atoms with Gasteiger partial charge in [-0.1, -0.05) is 41.4 Å². The van der Waals surface area contributed by atoms with E-state index in [1.807, 2.05) is 25.1 Å². The van der Waals surface area contributed by atoms with Crippen LogP contribution in [0.4, 0.5) is 4.39 Å². The van der Waals surface area contributed by atoms with Crippen molar-refractivity contribution in [3.63, 3.8) is 0 Å². The predicted molar refractivity (Wildman–Crippen MR) is 79.7 cm³/mol. The van der Waals surface area contributed by atoms with Crippen molar-refractivity contribution in [2.75, 3.05) is 0 Å². The van der Waals surface area contributed by atoms with Gasteiger partial charge >= 0.3 is 0 Å². The second-order valence-electron chi connectivity index (χ2n) is 4.41. The maximum Gasteiger partial charge on any atom is 0.164 e. The lowest BCUT2D eigenvalue weighted by Crippen LogP contribution is -1.96. The topological polar surface area (TPSA) is 25.8 Å². The molecule has 20 heavy (non-hydrogen) atoms. The molecule has 0 atom stereocenters. The van der Waals surface area contributed by atoms with Gasteiger partial charge in [-0.2, -0.15) is 0 Å². The molecule has 5 heteroatoms. The standard InChI is InChI=1S/C15H9Cl2FN2/c1-8-4-2-6-10-13(8)19-15(20-14(10)17)9-5-3-7-11(16)12(9)18/h2-7H,1H3. The summed E-state index contributed by atoms with van der Waals surface area (Å²) < 4.78 is 14.1. The number of nitrogens with zero attached hydrogens (tertiary/aromatic N) is 2. The first-order valence-corrected chi connectivity index (χ1v) is 6.71. The Labute approximate surface area is 125 Å². The fraction of sp³-hybridized carbons (Fsp3) is 0.0667. The number of halogens is 3. The lowest BCUT2D eigenvalue weighted by Gasteiger charge is -2.07. The summed E-state index contributed by atoms with van der Waals surface area (Å²) >= 11 is 12.0. The van der Waals surface area contributed by atoms with Gasteiger partial charge in [0.1, 0.15) is 5.15 Å². The lowest BCUT2D eigenvalue weighted by molar-refractivity contribution is 0.630. The van der Waals surface area contributed by atoms with Crippen molar-refractivity contribution in [3.8, 4) is 11.4 Å². The number of aryl methyl sites for hydroxylation is 1. The van der Waals surface area contributed by atoms with Gasteiger partial charge in [0, 0.05) is 5.39 Å². The van der Waals surface area contributed by atoms with Crippen LogP contribution in [-0.2, 0) is 0 Å². The van der Waals surface area contributed by atoms with Crippen LogP contribution in [-0.4, -0.2) is 9.97 Å². The molecular formula is C15H9Cl2FN2. The second-order valence-corrected chi connectivity index (χ2v) is 5.18. The maximum atomic E-state index is 14.1. The second kappa shape index (κ2) is 5.00. The van der Waals surface area contributed by atoms with E-state index >= 15 is 0 Å². The Morgan fingerprint density at radius 2 is 1.75 bits per heavy atom. The average Bonchev–Trinajstić information content (AvgIpc) is 2.43. The summed E-state index contributed by atoms with van der Waals surface area (Å²) in [5, 5.41) is 1.08. The number of benzene rings is 2. The summed E-state index contributed by atoms with van der Waals surface area (Å²) in [7, 11) is 0. The molecule has 2 nitrogen and oxygen atoms in total. The molecular weight excluding hydrogens is 298 g/mol. The molecule has 0 radical (unpaired) electrons. The maximum absolute atomic E-state index is 14.1. The highest BCUT2D eigenvalue weighted by Gasteiger charge is 2.14. The van der Waals surface area contributed by atoms with Crippen molar-refractivity contribution in [1.82, 2.24) is 9.97 Å². The average molecular weight is 307 g/mol. The van der Waals surface area contributed by atoms with Crippen LogP contribution < -0.4 is 0 Å². The van der Waals surface area contributed by atoms with Gasteiger partial charge in [0.25, 0.3) is 0 Å². The largest absolute Gasteiger partial charge is 0.227 e. The van der Waals surface area contributed by atoms with Crippen LogP contribution in [0.25, 0.3) is 22.3 Å². The van der Waals surface area contributed by atoms with E-state index in [0.717, 1.165) is 10.9 Å². The van der Waals surface area contributed by atoms with E-state index in [1.54, 1.807) is 12.1 Å². The number of rotatable bonds is 1. The van der Waals surface area contributed by atoms with Gasteiger partial charge in [-0.05, 0) is 30.7 Å². The molecule has 0 unspecified atom stereocenters. The minimum absolute atomic E-state index is 0.0344. The van der Waals surface area contributed by atoms with Gasteiger partial charge in [-0.3, -0.25) is 0 Å². The number of aromatic nitrogens is 2. The number of hydrogen-bond acceptors (Lipinski definition) is 2. The molecule has 1 aromatic heterocycles. The summed E-state index contributed by atoms with van der Waals surface area (Å²) in [6.07, 6.45) is 0. The van der Waals surface area contributed by atoms with Gasteiger partial charge < -0.3 is 0 Å². The molecule has 0 fully saturated rings. The quantitative estimate of drug-likeness (QED) is 0.588. The van der Waals surface area contributed by atoms with Gasteiger partial charge in [-0.15, -0.1) is 0 Å². The van der Waals surface area contributed by atoms with Crippen LogP contribution in [0, 0.1) is 12.7 Å². The van der Waals surface area contributed by atoms with E-state index in [9.17, 15) is 4.39 Å². The lowest BCUT2D eigenvalue weighted by atomic mass is 10.1. The van der Waals surface area contributed by atoms with Crippen LogP contribution in [0.15, 0.2) is 36.4 Å². The highest BCUT2D eigenvalue weighted by atomic mass is 35.5. The summed E-state index contributed by atoms with van der Waals surface area (Å²) in [5.74, 6) is -0.310. The molecule has 3 rings (SSSR count). The molecule has 0 N–H and O–H groups in total. The van der Waals surface area contributed by atoms with E-state index in [0.29, 0.717) is 10.7 Å². The van der Waals surface area contributed by atoms with Crippen molar-refractivity contribution in [1.29, 1.82) is 0 Å². The number of para-hydroxylation sites is 1. The Morgan fingerprint density at radius 1 is 1.00 bits per heavy atom. The number of fused-ring (bicyclic) bond motifs is 1. The van der Waals surface area contributed by atoms with Crippen LogP contribution in [0.1, 0.15) is 5.56 Å². The van der Waals surface area contributed by atoms with Crippen molar-refractivity contribution in [2.24, 2.45) is 0 Å². The van der Waals surface area contributed by atoms with E-state index in [-0.39, 0.29) is 16.4 Å². The number of hydrogen-bond donors (Lipinski definition) is 0. The molecule has 0 saturated carbocycles. The summed E-state index contributed by atoms with van der Waals surface area (Å²) in [4.78, 5) is 8.58. The molecule has 0 aliphatic rings. The predicted octanol–water partition coefficient (Wildman–Crippen LogP) is 5.05. The van der Waals surface area contributed by atoms with Crippen LogP contribution >= 0.6 is 23.2 Å². The first-order valence-electron chi connectivity index (χ1n) is 5.95. The third-order valence-electron chi connectivity index (χ3n) is 3.07. The van der Waals surface area contributed by atoms with E-state index in [2.05, 4.69) is 9.97 Å². The minimum atomic E-state index is -0.543. The first-order chi connectivity index (χ1) is 9.58. The SMILES string of the molecule is Cc1cccc2c(Cl)nc(-c3cccc(Cl)c3F)nc12. The normalized spacial score (nSPS) is 11.0. The van der Waals surface area contributed by atoms with Crippen molar-refractivity contribution < 1.29 is 4.39 Å². The highest BCUT2D eigenvalue weighted by molar-refractivity contribution is 6.34. The Balaban J connectivity index is 2.33. The Hall–Kier alpha value is -1.71. The van der Waals surface area contributed by atoms with Gasteiger partial charge in [0.05, 0.1) is 16.1 Å². The van der Waals surface area contributed by atoms with E-state index < -0.39 is 5.82 Å². The highest BCUT2D eigenvalue weighted by Crippen LogP contribution is 2.29. The molecule has 0 bridgehead atoms. The Morgan fingerprint density at radius 3 is 2.55 bits per heavy atom. The van der Waals surface area contributed by atoms with Gasteiger partial charge in [0.2, 0.25) is 0 Å². The molecule has 2 aromatic carbocycles. The van der Waals surface area contributed by atoms with Crippen LogP contribution in [0.3, 0.4) is 0 Å². The molecule has 0 amide bonds. The minimum Gasteiger partial charge on any atom is -0.227 e. The van der Waals surface area contributed by atoms with Crippen molar-refractivity contribution in [2.45, 2.75) is 6.92 Å². The molecule has 0 saturated heterocycles. The van der Waals surface area contributed by atoms with E-state index in [1.165, 1.54) is 6.07 Å². The van der Waals surface area contributed by atoms with E-state index in [4.69, 9.17) is 23.2 Å². The molecule has 100 valence electrons. The molecule has 1 heterocycles. The molecule has 0 spiro atoms. The third kappa shape index (κ3) is 2.13. The summed E-state index contributed by atoms with van der Waals surface area (Å²) in [6.45, 7) is 1.92. The third-order valence-corrected chi connectivity index (χ3v) is 3.65. The fourth-order valence-electron chi connectivity index (χ4n) is 2.05. The molecule has 0 aliphatic carbocycles. The fourth-order valence-corrected chi connectivity index (χ4v) is 2.46. The van der Waals surface area contributed by atoms with Crippen molar-refractivity contribution >= 4 is 34.1 Å². The molecule has 0 aliphatic heterocycles. The zero-order valence-corrected chi connectivity index (χ0v) is 12.0. The van der Waals surface area contributed by atoms with Crippen LogP contribution in [0.5, 0.6) is 0 Å². The van der Waals surface area contributed by atoms with Crippen LogP contribution in [0.2, 0.25) is 10.2 Å². The molecule has 3 aromatic rings. The Kier molecular flexibility index (Phi) is 3.32. The Bertz CT molecular complexity index is 818. The smallest absolute Gasteiger partial charge is 0.164 e. The van der Waals surface area contributed by atoms with Gasteiger partial charge in [0.15, 0.2) is 11.6 Å².